The maximum absolute atomic E-state index is 10.3. The van der Waals surface area contributed by atoms with Crippen molar-refractivity contribution < 1.29 is 9.90 Å². The summed E-state index contributed by atoms with van der Waals surface area (Å²) in [5.74, 6) is -0.741. The van der Waals surface area contributed by atoms with Crippen LogP contribution in [0.3, 0.4) is 0 Å². The molecule has 0 atom stereocenters. The van der Waals surface area contributed by atoms with Crippen molar-refractivity contribution in [1.29, 1.82) is 0 Å². The van der Waals surface area contributed by atoms with Gasteiger partial charge in [-0.2, -0.15) is 0 Å². The van der Waals surface area contributed by atoms with E-state index in [0.29, 0.717) is 6.42 Å². The Morgan fingerprint density at radius 1 is 0.625 bits per heavy atom. The number of rotatable bonds is 14. The molecule has 2 heteroatoms. The second-order valence-corrected chi connectivity index (χ2v) is 5.35. The van der Waals surface area contributed by atoms with Crippen molar-refractivity contribution in [1.82, 2.24) is 0 Å². The summed E-state index contributed by atoms with van der Waals surface area (Å²) in [6.07, 6.45) is 32.5. The molecule has 24 heavy (non-hydrogen) atoms. The van der Waals surface area contributed by atoms with Gasteiger partial charge in [0.1, 0.15) is 0 Å². The molecule has 0 aliphatic heterocycles. The lowest BCUT2D eigenvalue weighted by molar-refractivity contribution is -0.136. The number of carboxylic acids is 1. The molecule has 0 aromatic carbocycles. The second-order valence-electron chi connectivity index (χ2n) is 5.35. The summed E-state index contributed by atoms with van der Waals surface area (Å²) in [5.41, 5.74) is 0. The highest BCUT2D eigenvalue weighted by atomic mass is 16.4. The Bertz CT molecular complexity index is 462. The van der Waals surface area contributed by atoms with Crippen LogP contribution < -0.4 is 0 Å². The van der Waals surface area contributed by atoms with Crippen LogP contribution in [-0.2, 0) is 4.79 Å². The maximum atomic E-state index is 10.3. The van der Waals surface area contributed by atoms with E-state index in [4.69, 9.17) is 5.11 Å². The van der Waals surface area contributed by atoms with Crippen LogP contribution in [0, 0.1) is 0 Å². The summed E-state index contributed by atoms with van der Waals surface area (Å²) in [6, 6.07) is 0. The fourth-order valence-corrected chi connectivity index (χ4v) is 1.85. The number of carboxylic acid groups (broad SMARTS) is 1. The maximum Gasteiger partial charge on any atom is 0.303 e. The third-order valence-electron chi connectivity index (χ3n) is 3.12. The summed E-state index contributed by atoms with van der Waals surface area (Å²) in [5, 5.41) is 8.49. The average Bonchev–Trinajstić information content (AvgIpc) is 2.56. The zero-order chi connectivity index (χ0) is 17.7. The van der Waals surface area contributed by atoms with Crippen molar-refractivity contribution in [3.05, 3.63) is 72.9 Å². The van der Waals surface area contributed by atoms with Crippen molar-refractivity contribution in [2.45, 2.75) is 58.3 Å². The first-order valence-electron chi connectivity index (χ1n) is 8.89. The van der Waals surface area contributed by atoms with E-state index >= 15 is 0 Å². The molecule has 1 N–H and O–H groups in total. The first-order valence-corrected chi connectivity index (χ1v) is 8.89. The molecule has 0 aliphatic rings. The normalized spacial score (nSPS) is 13.0. The summed E-state index contributed by atoms with van der Waals surface area (Å²) >= 11 is 0. The fourth-order valence-electron chi connectivity index (χ4n) is 1.85. The van der Waals surface area contributed by atoms with E-state index in [1.54, 1.807) is 0 Å². The molecular formula is C22H32O2. The molecule has 0 fully saturated rings. The van der Waals surface area contributed by atoms with Gasteiger partial charge < -0.3 is 5.11 Å². The molecule has 2 nitrogen and oxygen atoms in total. The van der Waals surface area contributed by atoms with Crippen LogP contribution in [0.2, 0.25) is 0 Å². The lowest BCUT2D eigenvalue weighted by Gasteiger charge is -1.87. The molecule has 0 aromatic rings. The molecule has 0 bridgehead atoms. The zero-order valence-electron chi connectivity index (χ0n) is 14.9. The monoisotopic (exact) mass is 328 g/mol. The minimum atomic E-state index is -0.741. The van der Waals surface area contributed by atoms with Gasteiger partial charge in [0.05, 0.1) is 0 Å². The summed E-state index contributed by atoms with van der Waals surface area (Å²) in [7, 11) is 0. The highest BCUT2D eigenvalue weighted by Gasteiger charge is 1.90. The molecule has 0 saturated carbocycles. The van der Waals surface area contributed by atoms with Crippen molar-refractivity contribution in [3.8, 4) is 0 Å². The highest BCUT2D eigenvalue weighted by molar-refractivity contribution is 5.66. The van der Waals surface area contributed by atoms with Crippen LogP contribution in [0.5, 0.6) is 0 Å². The number of carbonyl (C=O) groups is 1. The molecule has 0 aliphatic carbocycles. The molecule has 0 amide bonds. The van der Waals surface area contributed by atoms with E-state index in [2.05, 4.69) is 67.7 Å². The summed E-state index contributed by atoms with van der Waals surface area (Å²) < 4.78 is 0. The van der Waals surface area contributed by atoms with Gasteiger partial charge in [0, 0.05) is 6.42 Å². The van der Waals surface area contributed by atoms with Gasteiger partial charge in [-0.05, 0) is 44.9 Å². The fraction of sp³-hybridized carbons (Fsp3) is 0.409. The van der Waals surface area contributed by atoms with Crippen molar-refractivity contribution in [3.63, 3.8) is 0 Å². The standard InChI is InChI=1S/C22H32O2/c1-2-3-4-5-6-7-8-9-10-11-12-13-14-15-16-17-18-19-20-21-22(23)24/h3-4,6-7,9-10,12-13,15-16,18-19H,2,5,8,11,14,17,20-21H2,1H3,(H,23,24)/b4-3?,7-6?,10-9?,13-12?,16-15-,19-18+. The first kappa shape index (κ1) is 21.9. The van der Waals surface area contributed by atoms with E-state index in [-0.39, 0.29) is 6.42 Å². The SMILES string of the molecule is CCC=CCC=CCC=CCC=CC/C=C\C/C=C/CCC(=O)O. The number of hydrogen-bond donors (Lipinski definition) is 1. The van der Waals surface area contributed by atoms with E-state index in [1.165, 1.54) is 0 Å². The third kappa shape index (κ3) is 19.9. The third-order valence-corrected chi connectivity index (χ3v) is 3.12. The minimum absolute atomic E-state index is 0.210. The smallest absolute Gasteiger partial charge is 0.303 e. The van der Waals surface area contributed by atoms with Gasteiger partial charge in [-0.3, -0.25) is 4.79 Å². The Labute approximate surface area is 147 Å². The predicted octanol–water partition coefficient (Wildman–Crippen LogP) is 6.55. The van der Waals surface area contributed by atoms with Crippen molar-refractivity contribution >= 4 is 5.97 Å². The van der Waals surface area contributed by atoms with E-state index in [9.17, 15) is 4.79 Å². The van der Waals surface area contributed by atoms with Gasteiger partial charge in [-0.25, -0.2) is 0 Å². The molecule has 132 valence electrons. The Hall–Kier alpha value is -2.09. The summed E-state index contributed by atoms with van der Waals surface area (Å²) in [6.45, 7) is 2.15. The highest BCUT2D eigenvalue weighted by Crippen LogP contribution is 1.97. The Kier molecular flexibility index (Phi) is 17.3. The van der Waals surface area contributed by atoms with Gasteiger partial charge in [0.15, 0.2) is 0 Å². The first-order chi connectivity index (χ1) is 11.8. The molecule has 0 radical (unpaired) electrons. The average molecular weight is 328 g/mol. The Morgan fingerprint density at radius 2 is 0.958 bits per heavy atom. The zero-order valence-corrected chi connectivity index (χ0v) is 14.9. The van der Waals surface area contributed by atoms with Crippen molar-refractivity contribution in [2.75, 3.05) is 0 Å². The van der Waals surface area contributed by atoms with Crippen LogP contribution in [-0.4, -0.2) is 11.1 Å². The van der Waals surface area contributed by atoms with Gasteiger partial charge in [0.25, 0.3) is 0 Å². The van der Waals surface area contributed by atoms with Crippen LogP contribution in [0.4, 0.5) is 0 Å². The van der Waals surface area contributed by atoms with E-state index in [1.807, 2.05) is 12.2 Å². The van der Waals surface area contributed by atoms with Crippen LogP contribution in [0.15, 0.2) is 72.9 Å². The molecule has 0 spiro atoms. The lowest BCUT2D eigenvalue weighted by atomic mass is 10.2. The van der Waals surface area contributed by atoms with Gasteiger partial charge in [-0.1, -0.05) is 79.8 Å². The number of allylic oxidation sites excluding steroid dienone is 12. The van der Waals surface area contributed by atoms with Gasteiger partial charge in [-0.15, -0.1) is 0 Å². The Morgan fingerprint density at radius 3 is 1.29 bits per heavy atom. The topological polar surface area (TPSA) is 37.3 Å². The van der Waals surface area contributed by atoms with Crippen LogP contribution >= 0.6 is 0 Å². The molecule has 0 unspecified atom stereocenters. The second kappa shape index (κ2) is 19.0. The van der Waals surface area contributed by atoms with E-state index in [0.717, 1.165) is 38.5 Å². The quantitative estimate of drug-likeness (QED) is 0.367. The largest absolute Gasteiger partial charge is 0.481 e. The minimum Gasteiger partial charge on any atom is -0.481 e. The lowest BCUT2D eigenvalue weighted by Crippen LogP contribution is -1.91. The number of hydrogen-bond acceptors (Lipinski definition) is 1. The molecular weight excluding hydrogens is 296 g/mol. The van der Waals surface area contributed by atoms with E-state index < -0.39 is 5.97 Å². The predicted molar refractivity (Wildman–Crippen MR) is 105 cm³/mol. The Balaban J connectivity index is 3.51. The molecule has 0 saturated heterocycles. The van der Waals surface area contributed by atoms with Gasteiger partial charge >= 0.3 is 5.97 Å². The molecule has 0 rings (SSSR count). The van der Waals surface area contributed by atoms with Crippen molar-refractivity contribution in [2.24, 2.45) is 0 Å². The molecule has 0 aromatic heterocycles. The van der Waals surface area contributed by atoms with Gasteiger partial charge in [0.2, 0.25) is 0 Å². The summed E-state index contributed by atoms with van der Waals surface area (Å²) in [4.78, 5) is 10.3. The van der Waals surface area contributed by atoms with Crippen LogP contribution in [0.25, 0.3) is 0 Å². The number of aliphatic carboxylic acids is 1. The van der Waals surface area contributed by atoms with Crippen LogP contribution in [0.1, 0.15) is 58.3 Å². The molecule has 0 heterocycles.